The van der Waals surface area contributed by atoms with Gasteiger partial charge in [-0.2, -0.15) is 5.26 Å². The molecule has 6 rings (SSSR count). The number of halogens is 1. The van der Waals surface area contributed by atoms with Crippen molar-refractivity contribution in [1.29, 1.82) is 5.26 Å². The van der Waals surface area contributed by atoms with E-state index >= 15 is 0 Å². The van der Waals surface area contributed by atoms with Gasteiger partial charge < -0.3 is 24.5 Å². The number of anilines is 1. The Balaban J connectivity index is 0.000000408. The molecule has 0 unspecified atom stereocenters. The first-order valence-corrected chi connectivity index (χ1v) is 14.2. The van der Waals surface area contributed by atoms with Gasteiger partial charge in [0.2, 0.25) is 5.88 Å². The highest BCUT2D eigenvalue weighted by Gasteiger charge is 2.25. The molecule has 2 aliphatic heterocycles. The monoisotopic (exact) mass is 584 g/mol. The quantitative estimate of drug-likeness (QED) is 0.312. The van der Waals surface area contributed by atoms with Crippen molar-refractivity contribution in [3.63, 3.8) is 0 Å². The highest BCUT2D eigenvalue weighted by atomic mass is 19.1. The summed E-state index contributed by atoms with van der Waals surface area (Å²) in [6.07, 6.45) is 4.60. The van der Waals surface area contributed by atoms with Gasteiger partial charge >= 0.3 is 0 Å². The maximum Gasteiger partial charge on any atom is 0.282 e. The van der Waals surface area contributed by atoms with Gasteiger partial charge in [0.1, 0.15) is 11.3 Å². The van der Waals surface area contributed by atoms with Gasteiger partial charge in [0.15, 0.2) is 5.83 Å². The first-order valence-electron chi connectivity index (χ1n) is 14.2. The van der Waals surface area contributed by atoms with Gasteiger partial charge in [0.25, 0.3) is 5.91 Å². The number of rotatable bonds is 4. The maximum atomic E-state index is 13.3. The third-order valence-corrected chi connectivity index (χ3v) is 7.44. The van der Waals surface area contributed by atoms with Crippen LogP contribution in [0.5, 0.6) is 11.6 Å². The molecule has 1 N–H and O–H groups in total. The van der Waals surface area contributed by atoms with Crippen LogP contribution in [0.3, 0.4) is 0 Å². The number of piperazine rings is 1. The summed E-state index contributed by atoms with van der Waals surface area (Å²) in [5.74, 6) is -0.995. The molecule has 4 aromatic rings. The van der Waals surface area contributed by atoms with Crippen LogP contribution in [0.1, 0.15) is 19.8 Å². The van der Waals surface area contributed by atoms with E-state index in [4.69, 9.17) is 15.0 Å². The molecule has 2 aliphatic rings. The maximum absolute atomic E-state index is 13.3. The van der Waals surface area contributed by atoms with E-state index in [-0.39, 0.29) is 5.75 Å². The Morgan fingerprint density at radius 3 is 2.35 bits per heavy atom. The van der Waals surface area contributed by atoms with Crippen LogP contribution in [0.25, 0.3) is 32.9 Å². The first kappa shape index (κ1) is 31.2. The summed E-state index contributed by atoms with van der Waals surface area (Å²) in [4.78, 5) is 27.2. The molecule has 0 radical (unpaired) electrons. The van der Waals surface area contributed by atoms with E-state index in [1.807, 2.05) is 36.4 Å². The number of carbonyl (C=O) groups is 1. The van der Waals surface area contributed by atoms with Crippen molar-refractivity contribution in [3.05, 3.63) is 67.1 Å². The van der Waals surface area contributed by atoms with Gasteiger partial charge in [0.05, 0.1) is 24.4 Å². The van der Waals surface area contributed by atoms with Crippen LogP contribution in [0.15, 0.2) is 67.1 Å². The number of fused-ring (bicyclic) bond motifs is 2. The number of nitriles is 1. The second-order valence-electron chi connectivity index (χ2n) is 10.4. The molecular formula is C33H37FN6O3. The lowest BCUT2D eigenvalue weighted by Gasteiger charge is -2.36. The van der Waals surface area contributed by atoms with Crippen LogP contribution in [0.2, 0.25) is 0 Å². The zero-order valence-corrected chi connectivity index (χ0v) is 24.9. The highest BCUT2D eigenvalue weighted by Crippen LogP contribution is 2.36. The molecule has 43 heavy (non-hydrogen) atoms. The van der Waals surface area contributed by atoms with E-state index in [9.17, 15) is 14.3 Å². The second kappa shape index (κ2) is 14.4. The number of aromatic nitrogens is 2. The average Bonchev–Trinajstić information content (AvgIpc) is 3.51. The summed E-state index contributed by atoms with van der Waals surface area (Å²) in [7, 11) is 3.73. The van der Waals surface area contributed by atoms with E-state index in [1.165, 1.54) is 37.8 Å². The van der Waals surface area contributed by atoms with Gasteiger partial charge in [-0.25, -0.2) is 9.37 Å². The number of likely N-dealkylation sites (tertiary alicyclic amines) is 1. The normalized spacial score (nSPS) is 14.8. The highest BCUT2D eigenvalue weighted by molar-refractivity contribution is 6.00. The summed E-state index contributed by atoms with van der Waals surface area (Å²) in [6, 6.07) is 16.8. The van der Waals surface area contributed by atoms with E-state index in [2.05, 4.69) is 28.4 Å². The van der Waals surface area contributed by atoms with Gasteiger partial charge in [-0.05, 0) is 67.5 Å². The topological polar surface area (TPSA) is 106 Å². The fraction of sp³-hybridized carbons (Fsp3) is 0.333. The van der Waals surface area contributed by atoms with Crippen molar-refractivity contribution in [2.45, 2.75) is 19.8 Å². The Morgan fingerprint density at radius 2 is 1.74 bits per heavy atom. The van der Waals surface area contributed by atoms with E-state index in [0.29, 0.717) is 43.1 Å². The van der Waals surface area contributed by atoms with Crippen molar-refractivity contribution in [1.82, 2.24) is 19.8 Å². The molecule has 2 aromatic carbocycles. The Hall–Kier alpha value is -4.75. The minimum absolute atomic E-state index is 0.177. The predicted molar refractivity (Wildman–Crippen MR) is 168 cm³/mol. The molecule has 1 amide bonds. The summed E-state index contributed by atoms with van der Waals surface area (Å²) >= 11 is 0. The zero-order chi connectivity index (χ0) is 30.9. The predicted octanol–water partition coefficient (Wildman–Crippen LogP) is 5.54. The third-order valence-electron chi connectivity index (χ3n) is 7.44. The second-order valence-corrected chi connectivity index (χ2v) is 10.4. The molecule has 9 nitrogen and oxygen atoms in total. The average molecular weight is 585 g/mol. The van der Waals surface area contributed by atoms with E-state index in [1.54, 1.807) is 31.5 Å². The molecule has 4 heterocycles. The van der Waals surface area contributed by atoms with Crippen molar-refractivity contribution >= 4 is 33.4 Å². The number of benzene rings is 2. The lowest BCUT2D eigenvalue weighted by atomic mass is 9.98. The molecule has 224 valence electrons. The number of carbonyl (C=O) groups excluding carboxylic acids is 1. The Labute approximate surface area is 251 Å². The van der Waals surface area contributed by atoms with Gasteiger partial charge in [-0.3, -0.25) is 9.78 Å². The molecule has 0 spiro atoms. The minimum Gasteiger partial charge on any atom is -0.508 e. The number of pyridine rings is 2. The molecular weight excluding hydrogens is 547 g/mol. The molecule has 0 aliphatic carbocycles. The minimum atomic E-state index is -0.946. The third kappa shape index (κ3) is 7.56. The number of ether oxygens (including phenoxy) is 1. The first-order chi connectivity index (χ1) is 20.7. The Kier molecular flexibility index (Phi) is 10.5. The van der Waals surface area contributed by atoms with Gasteiger partial charge in [-0.15, -0.1) is 0 Å². The number of hydrogen-bond acceptors (Lipinski definition) is 8. The molecule has 2 fully saturated rings. The zero-order valence-electron chi connectivity index (χ0n) is 24.9. The fourth-order valence-corrected chi connectivity index (χ4v) is 5.30. The number of hydrogen-bond donors (Lipinski definition) is 1. The summed E-state index contributed by atoms with van der Waals surface area (Å²) in [5.41, 5.74) is 3.86. The van der Waals surface area contributed by atoms with Gasteiger partial charge in [-0.1, -0.05) is 30.8 Å². The van der Waals surface area contributed by atoms with Crippen LogP contribution in [0.4, 0.5) is 10.1 Å². The van der Waals surface area contributed by atoms with Gasteiger partial charge in [0, 0.05) is 50.9 Å². The molecule has 10 heteroatoms. The summed E-state index contributed by atoms with van der Waals surface area (Å²) < 4.78 is 18.7. The fourth-order valence-electron chi connectivity index (χ4n) is 5.30. The smallest absolute Gasteiger partial charge is 0.282 e. The van der Waals surface area contributed by atoms with Crippen LogP contribution < -0.4 is 9.64 Å². The Bertz CT molecular complexity index is 1640. The van der Waals surface area contributed by atoms with Crippen LogP contribution in [-0.2, 0) is 4.79 Å². The van der Waals surface area contributed by atoms with E-state index in [0.717, 1.165) is 27.6 Å². The number of phenolic OH excluding ortho intramolecular Hbond substituents is 1. The van der Waals surface area contributed by atoms with Crippen molar-refractivity contribution in [3.8, 4) is 28.8 Å². The molecule has 0 bridgehead atoms. The molecule has 2 saturated heterocycles. The lowest BCUT2D eigenvalue weighted by molar-refractivity contribution is -0.128. The molecule has 2 aromatic heterocycles. The van der Waals surface area contributed by atoms with Crippen molar-refractivity contribution < 1.29 is 19.0 Å². The van der Waals surface area contributed by atoms with Crippen LogP contribution in [-0.4, -0.2) is 84.2 Å². The lowest BCUT2D eigenvalue weighted by Crippen LogP contribution is -2.49. The van der Waals surface area contributed by atoms with Crippen LogP contribution >= 0.6 is 0 Å². The standard InChI is InChI=1S/C26H23FN4O3.C5H11N.C2H3N/c1-16(27)26(33)31-9-7-30(8-10-31)23-14-24(34-2)29-22-12-18(15-28-25(22)23)21-13-19(32)11-17-5-3-4-6-20(17)21;1-6-4-2-3-5-6;1-2-3/h3-6,11-15,32H,1,7-10H2,2H3;2-5H2,1H3;1H3. The number of nitrogens with zero attached hydrogens (tertiary/aromatic N) is 6. The molecule has 0 atom stereocenters. The van der Waals surface area contributed by atoms with Crippen molar-refractivity contribution in [2.75, 3.05) is 58.3 Å². The van der Waals surface area contributed by atoms with Crippen molar-refractivity contribution in [2.24, 2.45) is 0 Å². The summed E-state index contributed by atoms with van der Waals surface area (Å²) in [6.45, 7) is 8.96. The molecule has 0 saturated carbocycles. The number of phenols is 1. The SMILES string of the molecule is C=C(F)C(=O)N1CCN(c2cc(OC)nc3cc(-c4cc(O)cc5ccccc45)cnc23)CC1.CC#N.CN1CCCC1. The largest absolute Gasteiger partial charge is 0.508 e. The van der Waals surface area contributed by atoms with E-state index < -0.39 is 11.7 Å². The van der Waals surface area contributed by atoms with Crippen LogP contribution in [0, 0.1) is 11.3 Å². The number of amides is 1. The summed E-state index contributed by atoms with van der Waals surface area (Å²) in [5, 5.41) is 19.5. The Morgan fingerprint density at radius 1 is 1.07 bits per heavy atom. The number of aromatic hydroxyl groups is 1. The number of methoxy groups -OCH3 is 1.